The van der Waals surface area contributed by atoms with E-state index in [1.54, 1.807) is 6.07 Å². The zero-order valence-electron chi connectivity index (χ0n) is 9.76. The highest BCUT2D eigenvalue weighted by molar-refractivity contribution is 5.74. The number of nitrogens with zero attached hydrogens (tertiary/aromatic N) is 2. The van der Waals surface area contributed by atoms with Crippen LogP contribution in [0, 0.1) is 11.3 Å². The molecule has 2 rings (SSSR count). The molecule has 3 N–H and O–H groups in total. The summed E-state index contributed by atoms with van der Waals surface area (Å²) < 4.78 is 0. The second-order valence-electron chi connectivity index (χ2n) is 4.35. The van der Waals surface area contributed by atoms with Gasteiger partial charge in [0.05, 0.1) is 23.5 Å². The van der Waals surface area contributed by atoms with Crippen molar-refractivity contribution >= 4 is 11.4 Å². The SMILES string of the molecule is N#Cc1cccc(N(CCO)C2CCC2)c1N. The van der Waals surface area contributed by atoms with Gasteiger partial charge < -0.3 is 15.7 Å². The van der Waals surface area contributed by atoms with E-state index in [1.807, 2.05) is 12.1 Å². The van der Waals surface area contributed by atoms with Gasteiger partial charge in [-0.05, 0) is 31.4 Å². The first-order chi connectivity index (χ1) is 8.27. The van der Waals surface area contributed by atoms with Gasteiger partial charge in [-0.15, -0.1) is 0 Å². The van der Waals surface area contributed by atoms with Crippen LogP contribution >= 0.6 is 0 Å². The molecule has 0 spiro atoms. The maximum Gasteiger partial charge on any atom is 0.101 e. The third kappa shape index (κ3) is 2.20. The fourth-order valence-corrected chi connectivity index (χ4v) is 2.21. The molecule has 1 fully saturated rings. The summed E-state index contributed by atoms with van der Waals surface area (Å²) in [6, 6.07) is 8.03. The van der Waals surface area contributed by atoms with E-state index in [2.05, 4.69) is 11.0 Å². The van der Waals surface area contributed by atoms with Crippen molar-refractivity contribution in [1.82, 2.24) is 0 Å². The average molecular weight is 231 g/mol. The van der Waals surface area contributed by atoms with Crippen molar-refractivity contribution < 1.29 is 5.11 Å². The monoisotopic (exact) mass is 231 g/mol. The molecule has 17 heavy (non-hydrogen) atoms. The Kier molecular flexibility index (Phi) is 3.50. The molecule has 1 saturated carbocycles. The van der Waals surface area contributed by atoms with Crippen LogP contribution in [-0.4, -0.2) is 24.3 Å². The summed E-state index contributed by atoms with van der Waals surface area (Å²) >= 11 is 0. The van der Waals surface area contributed by atoms with E-state index in [1.165, 1.54) is 6.42 Å². The van der Waals surface area contributed by atoms with E-state index in [9.17, 15) is 0 Å². The highest BCUT2D eigenvalue weighted by atomic mass is 16.3. The van der Waals surface area contributed by atoms with Gasteiger partial charge >= 0.3 is 0 Å². The summed E-state index contributed by atoms with van der Waals surface area (Å²) in [7, 11) is 0. The molecule has 0 amide bonds. The second-order valence-corrected chi connectivity index (χ2v) is 4.35. The molecule has 4 heteroatoms. The van der Waals surface area contributed by atoms with Crippen LogP contribution in [0.4, 0.5) is 11.4 Å². The van der Waals surface area contributed by atoms with Crippen LogP contribution in [0.2, 0.25) is 0 Å². The van der Waals surface area contributed by atoms with Crippen LogP contribution in [0.15, 0.2) is 18.2 Å². The maximum absolute atomic E-state index is 9.14. The molecule has 0 saturated heterocycles. The molecule has 0 unspecified atom stereocenters. The van der Waals surface area contributed by atoms with Crippen molar-refractivity contribution in [2.24, 2.45) is 0 Å². The number of aliphatic hydroxyl groups excluding tert-OH is 1. The largest absolute Gasteiger partial charge is 0.396 e. The molecule has 1 aromatic rings. The highest BCUT2D eigenvalue weighted by Gasteiger charge is 2.26. The third-order valence-corrected chi connectivity index (χ3v) is 3.37. The van der Waals surface area contributed by atoms with Gasteiger partial charge in [0.15, 0.2) is 0 Å². The molecule has 0 atom stereocenters. The molecule has 0 bridgehead atoms. The van der Waals surface area contributed by atoms with Crippen LogP contribution in [0.3, 0.4) is 0 Å². The smallest absolute Gasteiger partial charge is 0.101 e. The summed E-state index contributed by atoms with van der Waals surface area (Å²) in [6.07, 6.45) is 3.50. The van der Waals surface area contributed by atoms with Gasteiger partial charge in [-0.1, -0.05) is 6.07 Å². The van der Waals surface area contributed by atoms with Crippen LogP contribution in [0.1, 0.15) is 24.8 Å². The highest BCUT2D eigenvalue weighted by Crippen LogP contribution is 2.33. The topological polar surface area (TPSA) is 73.3 Å². The normalized spacial score (nSPS) is 15.1. The van der Waals surface area contributed by atoms with E-state index in [4.69, 9.17) is 16.1 Å². The standard InChI is InChI=1S/C13H17N3O/c14-9-10-3-1-6-12(13(10)15)16(7-8-17)11-4-2-5-11/h1,3,6,11,17H,2,4-5,7-8,15H2. The number of nitrogen functional groups attached to an aromatic ring is 1. The average Bonchev–Trinajstić information content (AvgIpc) is 2.26. The lowest BCUT2D eigenvalue weighted by atomic mass is 9.90. The molecule has 1 aromatic carbocycles. The lowest BCUT2D eigenvalue weighted by Gasteiger charge is -2.39. The Bertz CT molecular complexity index is 435. The minimum Gasteiger partial charge on any atom is -0.396 e. The lowest BCUT2D eigenvalue weighted by molar-refractivity contribution is 0.284. The Morgan fingerprint density at radius 1 is 1.47 bits per heavy atom. The molecule has 0 heterocycles. The molecule has 1 aliphatic carbocycles. The number of hydrogen-bond acceptors (Lipinski definition) is 4. The number of hydrogen-bond donors (Lipinski definition) is 2. The molecule has 0 aromatic heterocycles. The molecule has 0 radical (unpaired) electrons. The number of nitriles is 1. The molecule has 4 nitrogen and oxygen atoms in total. The van der Waals surface area contributed by atoms with Crippen molar-refractivity contribution in [3.8, 4) is 6.07 Å². The van der Waals surface area contributed by atoms with E-state index in [-0.39, 0.29) is 6.61 Å². The van der Waals surface area contributed by atoms with Crippen molar-refractivity contribution in [3.63, 3.8) is 0 Å². The number of nitrogens with two attached hydrogens (primary N) is 1. The van der Waals surface area contributed by atoms with E-state index in [0.29, 0.717) is 23.8 Å². The molecule has 0 aliphatic heterocycles. The van der Waals surface area contributed by atoms with E-state index >= 15 is 0 Å². The molecular formula is C13H17N3O. The second kappa shape index (κ2) is 5.07. The summed E-state index contributed by atoms with van der Waals surface area (Å²) in [4.78, 5) is 2.12. The molecule has 1 aliphatic rings. The zero-order chi connectivity index (χ0) is 12.3. The van der Waals surface area contributed by atoms with Crippen LogP contribution in [0.25, 0.3) is 0 Å². The van der Waals surface area contributed by atoms with E-state index in [0.717, 1.165) is 18.5 Å². The van der Waals surface area contributed by atoms with Gasteiger partial charge in [-0.3, -0.25) is 0 Å². The van der Waals surface area contributed by atoms with Crippen LogP contribution < -0.4 is 10.6 Å². The van der Waals surface area contributed by atoms with Gasteiger partial charge in [-0.2, -0.15) is 5.26 Å². The van der Waals surface area contributed by atoms with Crippen molar-refractivity contribution in [1.29, 1.82) is 5.26 Å². The summed E-state index contributed by atoms with van der Waals surface area (Å²) in [5.74, 6) is 0. The Morgan fingerprint density at radius 3 is 2.76 bits per heavy atom. The quantitative estimate of drug-likeness (QED) is 0.770. The third-order valence-electron chi connectivity index (χ3n) is 3.37. The number of para-hydroxylation sites is 1. The zero-order valence-corrected chi connectivity index (χ0v) is 9.76. The van der Waals surface area contributed by atoms with Crippen LogP contribution in [-0.2, 0) is 0 Å². The fourth-order valence-electron chi connectivity index (χ4n) is 2.21. The minimum absolute atomic E-state index is 0.104. The lowest BCUT2D eigenvalue weighted by Crippen LogP contribution is -2.42. The van der Waals surface area contributed by atoms with Gasteiger partial charge in [-0.25, -0.2) is 0 Å². The Morgan fingerprint density at radius 2 is 2.24 bits per heavy atom. The molecule has 90 valence electrons. The van der Waals surface area contributed by atoms with Crippen molar-refractivity contribution in [3.05, 3.63) is 23.8 Å². The predicted octanol–water partition coefficient (Wildman–Crippen LogP) is 1.49. The Hall–Kier alpha value is -1.73. The Labute approximate surface area is 101 Å². The van der Waals surface area contributed by atoms with E-state index < -0.39 is 0 Å². The predicted molar refractivity (Wildman–Crippen MR) is 67.6 cm³/mol. The maximum atomic E-state index is 9.14. The van der Waals surface area contributed by atoms with Gasteiger partial charge in [0.25, 0.3) is 0 Å². The summed E-state index contributed by atoms with van der Waals surface area (Å²) in [6.45, 7) is 0.677. The molecular weight excluding hydrogens is 214 g/mol. The minimum atomic E-state index is 0.104. The summed E-state index contributed by atoms with van der Waals surface area (Å²) in [5, 5.41) is 18.1. The number of aliphatic hydroxyl groups is 1. The summed E-state index contributed by atoms with van der Waals surface area (Å²) in [5.41, 5.74) is 7.90. The first-order valence-corrected chi connectivity index (χ1v) is 5.94. The first kappa shape index (κ1) is 11.7. The van der Waals surface area contributed by atoms with Gasteiger partial charge in [0.2, 0.25) is 0 Å². The number of rotatable bonds is 4. The van der Waals surface area contributed by atoms with Gasteiger partial charge in [0, 0.05) is 12.6 Å². The number of benzene rings is 1. The van der Waals surface area contributed by atoms with Crippen molar-refractivity contribution in [2.75, 3.05) is 23.8 Å². The van der Waals surface area contributed by atoms with Crippen molar-refractivity contribution in [2.45, 2.75) is 25.3 Å². The number of anilines is 2. The Balaban J connectivity index is 2.32. The fraction of sp³-hybridized carbons (Fsp3) is 0.462. The van der Waals surface area contributed by atoms with Crippen LogP contribution in [0.5, 0.6) is 0 Å². The first-order valence-electron chi connectivity index (χ1n) is 5.94. The van der Waals surface area contributed by atoms with Gasteiger partial charge in [0.1, 0.15) is 6.07 Å².